The fourth-order valence-corrected chi connectivity index (χ4v) is 5.43. The topological polar surface area (TPSA) is 93.2 Å². The second kappa shape index (κ2) is 9.41. The van der Waals surface area contributed by atoms with Crippen LogP contribution in [0, 0.1) is 0 Å². The van der Waals surface area contributed by atoms with Crippen LogP contribution < -0.4 is 10.4 Å². The molecule has 2 aliphatic heterocycles. The van der Waals surface area contributed by atoms with E-state index in [9.17, 15) is 13.2 Å². The second-order valence-corrected chi connectivity index (χ2v) is 10.1. The number of carbonyl (C=O) groups is 1. The molecule has 0 aromatic heterocycles. The highest BCUT2D eigenvalue weighted by atomic mass is 32.2. The summed E-state index contributed by atoms with van der Waals surface area (Å²) in [6.45, 7) is 4.43. The van der Waals surface area contributed by atoms with Crippen LogP contribution in [0.4, 0.5) is 5.69 Å². The number of sulfonamides is 1. The first-order valence-corrected chi connectivity index (χ1v) is 12.1. The first-order chi connectivity index (χ1) is 15.4. The number of likely N-dealkylation sites (N-methyl/N-ethyl adjacent to an activating group) is 1. The van der Waals surface area contributed by atoms with Crippen LogP contribution in [0.2, 0.25) is 0 Å². The van der Waals surface area contributed by atoms with E-state index in [0.29, 0.717) is 5.57 Å². The van der Waals surface area contributed by atoms with Gasteiger partial charge < -0.3 is 9.80 Å². The molecular weight excluding hydrogens is 428 g/mol. The molecule has 2 aromatic rings. The van der Waals surface area contributed by atoms with E-state index in [1.165, 1.54) is 16.1 Å². The molecule has 2 heterocycles. The van der Waals surface area contributed by atoms with Crippen molar-refractivity contribution in [3.05, 3.63) is 60.2 Å². The maximum Gasteiger partial charge on any atom is 0.270 e. The maximum atomic E-state index is 13.0. The number of hydrogen-bond donors (Lipinski definition) is 2. The lowest BCUT2D eigenvalue weighted by Gasteiger charge is -2.34. The predicted molar refractivity (Wildman–Crippen MR) is 123 cm³/mol. The van der Waals surface area contributed by atoms with E-state index in [0.717, 1.165) is 37.3 Å². The van der Waals surface area contributed by atoms with Crippen molar-refractivity contribution >= 4 is 21.6 Å². The zero-order valence-electron chi connectivity index (χ0n) is 18.1. The Morgan fingerprint density at radius 1 is 0.906 bits per heavy atom. The van der Waals surface area contributed by atoms with E-state index in [-0.39, 0.29) is 24.4 Å². The van der Waals surface area contributed by atoms with Gasteiger partial charge in [0.05, 0.1) is 4.90 Å². The monoisotopic (exact) mass is 456 g/mol. The van der Waals surface area contributed by atoms with Crippen LogP contribution in [0.15, 0.2) is 65.1 Å². The van der Waals surface area contributed by atoms with Crippen molar-refractivity contribution < 1.29 is 18.4 Å². The highest BCUT2D eigenvalue weighted by Gasteiger charge is 2.27. The molecule has 1 saturated heterocycles. The summed E-state index contributed by atoms with van der Waals surface area (Å²) in [7, 11) is -1.52. The maximum absolute atomic E-state index is 13.0. The number of hydroxylamine groups is 1. The summed E-state index contributed by atoms with van der Waals surface area (Å²) in [5.74, 6) is -0.593. The summed E-state index contributed by atoms with van der Waals surface area (Å²) in [5, 5.41) is 8.73. The molecule has 1 fully saturated rings. The van der Waals surface area contributed by atoms with Crippen LogP contribution in [0.1, 0.15) is 6.42 Å². The Balaban J connectivity index is 1.45. The number of nitrogens with one attached hydrogen (secondary N) is 1. The molecule has 2 aromatic carbocycles. The van der Waals surface area contributed by atoms with Crippen molar-refractivity contribution in [1.29, 1.82) is 0 Å². The molecule has 9 heteroatoms. The molecule has 32 heavy (non-hydrogen) atoms. The first kappa shape index (κ1) is 22.5. The number of rotatable bonds is 5. The van der Waals surface area contributed by atoms with Gasteiger partial charge in [0, 0.05) is 50.5 Å². The molecule has 0 aliphatic carbocycles. The van der Waals surface area contributed by atoms with Gasteiger partial charge in [-0.3, -0.25) is 10.0 Å². The van der Waals surface area contributed by atoms with Gasteiger partial charge in [-0.25, -0.2) is 13.9 Å². The zero-order valence-corrected chi connectivity index (χ0v) is 18.9. The largest absolute Gasteiger partial charge is 0.369 e. The van der Waals surface area contributed by atoms with Gasteiger partial charge in [0.2, 0.25) is 10.0 Å². The molecule has 0 saturated carbocycles. The Bertz CT molecular complexity index is 1090. The minimum Gasteiger partial charge on any atom is -0.369 e. The van der Waals surface area contributed by atoms with Gasteiger partial charge in [0.25, 0.3) is 5.91 Å². The lowest BCUT2D eigenvalue weighted by atomic mass is 10.1. The summed E-state index contributed by atoms with van der Waals surface area (Å²) >= 11 is 0. The third-order valence-corrected chi connectivity index (χ3v) is 8.01. The normalized spacial score (nSPS) is 18.3. The smallest absolute Gasteiger partial charge is 0.270 e. The van der Waals surface area contributed by atoms with Crippen LogP contribution in [-0.4, -0.2) is 75.1 Å². The van der Waals surface area contributed by atoms with Gasteiger partial charge in [-0.15, -0.1) is 0 Å². The number of nitrogens with zero attached hydrogens (tertiary/aromatic N) is 3. The van der Waals surface area contributed by atoms with Crippen LogP contribution in [0.3, 0.4) is 0 Å². The summed E-state index contributed by atoms with van der Waals surface area (Å²) in [6.07, 6.45) is 1.78. The molecule has 4 rings (SSSR count). The number of anilines is 1. The van der Waals surface area contributed by atoms with Crippen LogP contribution >= 0.6 is 0 Å². The van der Waals surface area contributed by atoms with Crippen molar-refractivity contribution in [2.45, 2.75) is 11.3 Å². The minimum atomic E-state index is -3.66. The molecule has 2 N–H and O–H groups in total. The van der Waals surface area contributed by atoms with Crippen molar-refractivity contribution in [2.75, 3.05) is 51.2 Å². The Morgan fingerprint density at radius 3 is 2.03 bits per heavy atom. The highest BCUT2D eigenvalue weighted by molar-refractivity contribution is 7.89. The molecule has 0 bridgehead atoms. The van der Waals surface area contributed by atoms with Crippen molar-refractivity contribution in [3.63, 3.8) is 0 Å². The van der Waals surface area contributed by atoms with Crippen molar-refractivity contribution in [2.24, 2.45) is 0 Å². The van der Waals surface area contributed by atoms with Gasteiger partial charge in [0.15, 0.2) is 0 Å². The Kier molecular flexibility index (Phi) is 6.61. The molecule has 8 nitrogen and oxygen atoms in total. The fourth-order valence-electron chi connectivity index (χ4n) is 4.04. The molecule has 2 aliphatic rings. The van der Waals surface area contributed by atoms with Crippen LogP contribution in [-0.2, 0) is 14.8 Å². The fraction of sp³-hybridized carbons (Fsp3) is 0.348. The van der Waals surface area contributed by atoms with E-state index in [2.05, 4.69) is 41.1 Å². The molecule has 0 atom stereocenters. The van der Waals surface area contributed by atoms with Crippen molar-refractivity contribution in [1.82, 2.24) is 14.7 Å². The van der Waals surface area contributed by atoms with Gasteiger partial charge >= 0.3 is 0 Å². The second-order valence-electron chi connectivity index (χ2n) is 8.14. The summed E-state index contributed by atoms with van der Waals surface area (Å²) in [6, 6.07) is 15.3. The summed E-state index contributed by atoms with van der Waals surface area (Å²) < 4.78 is 27.3. The molecule has 0 spiro atoms. The van der Waals surface area contributed by atoms with Gasteiger partial charge in [-0.1, -0.05) is 30.3 Å². The SMILES string of the molecule is CN1CCN(c2ccc(-c3ccc(S(=O)(=O)N4CC=C(C(=O)NO)CC4)cc3)cc2)CC1. The van der Waals surface area contributed by atoms with Crippen LogP contribution in [0.25, 0.3) is 11.1 Å². The Labute approximate surface area is 188 Å². The molecule has 0 unspecified atom stereocenters. The third kappa shape index (κ3) is 4.71. The van der Waals surface area contributed by atoms with E-state index < -0.39 is 15.9 Å². The average Bonchev–Trinajstić information content (AvgIpc) is 2.84. The van der Waals surface area contributed by atoms with Crippen LogP contribution in [0.5, 0.6) is 0 Å². The standard InChI is InChI=1S/C23H28N4O4S/c1-25-14-16-26(17-15-25)21-6-2-18(3-7-21)19-4-8-22(9-5-19)32(30,31)27-12-10-20(11-13-27)23(28)24-29/h2-10,29H,11-17H2,1H3,(H,24,28). The predicted octanol–water partition coefficient (Wildman–Crippen LogP) is 1.93. The molecule has 170 valence electrons. The lowest BCUT2D eigenvalue weighted by molar-refractivity contribution is -0.125. The molecular formula is C23H28N4O4S. The number of benzene rings is 2. The van der Waals surface area contributed by atoms with E-state index >= 15 is 0 Å². The summed E-state index contributed by atoms with van der Waals surface area (Å²) in [4.78, 5) is 16.4. The zero-order chi connectivity index (χ0) is 22.7. The quantitative estimate of drug-likeness (QED) is 0.528. The minimum absolute atomic E-state index is 0.0978. The lowest BCUT2D eigenvalue weighted by Crippen LogP contribution is -2.44. The van der Waals surface area contributed by atoms with Gasteiger partial charge in [0.1, 0.15) is 0 Å². The molecule has 0 radical (unpaired) electrons. The highest BCUT2D eigenvalue weighted by Crippen LogP contribution is 2.27. The third-order valence-electron chi connectivity index (χ3n) is 6.13. The Hall–Kier alpha value is -2.72. The van der Waals surface area contributed by atoms with E-state index in [1.54, 1.807) is 17.6 Å². The number of carbonyl (C=O) groups excluding carboxylic acids is 1. The van der Waals surface area contributed by atoms with E-state index in [1.807, 2.05) is 12.1 Å². The van der Waals surface area contributed by atoms with E-state index in [4.69, 9.17) is 5.21 Å². The number of piperazine rings is 1. The number of amides is 1. The average molecular weight is 457 g/mol. The van der Waals surface area contributed by atoms with Gasteiger partial charge in [-0.2, -0.15) is 4.31 Å². The number of hydrogen-bond acceptors (Lipinski definition) is 6. The molecule has 1 amide bonds. The van der Waals surface area contributed by atoms with Gasteiger partial charge in [-0.05, 0) is 48.9 Å². The summed E-state index contributed by atoms with van der Waals surface area (Å²) in [5.41, 5.74) is 5.16. The van der Waals surface area contributed by atoms with Crippen molar-refractivity contribution in [3.8, 4) is 11.1 Å². The Morgan fingerprint density at radius 2 is 1.50 bits per heavy atom. The first-order valence-electron chi connectivity index (χ1n) is 10.7.